The SMILES string of the molecule is CN1C(N2CCN(C(=O)N/N=C/c3ccc([N+](=O)[O-])s3)CC2)=NS(=O)(=O)c2ccccc21. The fourth-order valence-corrected chi connectivity index (χ4v) is 5.35. The first-order valence-corrected chi connectivity index (χ1v) is 11.8. The van der Waals surface area contributed by atoms with Crippen LogP contribution in [0.4, 0.5) is 15.5 Å². The highest BCUT2D eigenvalue weighted by Crippen LogP contribution is 2.31. The Morgan fingerprint density at radius 1 is 1.22 bits per heavy atom. The van der Waals surface area contributed by atoms with Crippen molar-refractivity contribution in [3.63, 3.8) is 0 Å². The van der Waals surface area contributed by atoms with E-state index in [-0.39, 0.29) is 9.90 Å². The van der Waals surface area contributed by atoms with Gasteiger partial charge in [-0.25, -0.2) is 10.2 Å². The number of fused-ring (bicyclic) bond motifs is 1. The molecule has 0 spiro atoms. The van der Waals surface area contributed by atoms with Crippen LogP contribution in [0.1, 0.15) is 4.88 Å². The summed E-state index contributed by atoms with van der Waals surface area (Å²) in [5.74, 6) is 0.320. The van der Waals surface area contributed by atoms with Gasteiger partial charge < -0.3 is 14.7 Å². The maximum atomic E-state index is 12.6. The molecule has 12 nitrogen and oxygen atoms in total. The van der Waals surface area contributed by atoms with Crippen molar-refractivity contribution in [1.82, 2.24) is 15.2 Å². The Kier molecular flexibility index (Phi) is 5.80. The second-order valence-corrected chi connectivity index (χ2v) is 9.64. The van der Waals surface area contributed by atoms with Gasteiger partial charge in [0.05, 0.1) is 21.7 Å². The zero-order valence-corrected chi connectivity index (χ0v) is 18.5. The van der Waals surface area contributed by atoms with E-state index in [0.29, 0.717) is 42.7 Å². The third kappa shape index (κ3) is 4.27. The number of para-hydroxylation sites is 1. The normalized spacial score (nSPS) is 17.8. The van der Waals surface area contributed by atoms with E-state index in [0.717, 1.165) is 11.3 Å². The number of anilines is 1. The Balaban J connectivity index is 1.36. The van der Waals surface area contributed by atoms with E-state index in [1.165, 1.54) is 18.3 Å². The highest BCUT2D eigenvalue weighted by molar-refractivity contribution is 7.90. The molecule has 2 aromatic rings. The number of thiophene rings is 1. The lowest BCUT2D eigenvalue weighted by Crippen LogP contribution is -2.56. The van der Waals surface area contributed by atoms with E-state index in [1.54, 1.807) is 41.1 Å². The lowest BCUT2D eigenvalue weighted by Gasteiger charge is -2.39. The molecule has 0 aliphatic carbocycles. The average Bonchev–Trinajstić information content (AvgIpc) is 3.26. The predicted octanol–water partition coefficient (Wildman–Crippen LogP) is 1.51. The number of amides is 2. The molecule has 0 unspecified atom stereocenters. The number of piperazine rings is 1. The van der Waals surface area contributed by atoms with Gasteiger partial charge in [0.15, 0.2) is 0 Å². The van der Waals surface area contributed by atoms with Crippen LogP contribution in [-0.4, -0.2) is 74.6 Å². The van der Waals surface area contributed by atoms with Gasteiger partial charge in [0, 0.05) is 39.3 Å². The van der Waals surface area contributed by atoms with Gasteiger partial charge in [0.1, 0.15) is 4.90 Å². The first-order chi connectivity index (χ1) is 15.3. The van der Waals surface area contributed by atoms with Gasteiger partial charge >= 0.3 is 11.0 Å². The predicted molar refractivity (Wildman–Crippen MR) is 120 cm³/mol. The van der Waals surface area contributed by atoms with E-state index >= 15 is 0 Å². The fraction of sp³-hybridized carbons (Fsp3) is 0.278. The topological polar surface area (TPSA) is 141 Å². The second kappa shape index (κ2) is 8.55. The lowest BCUT2D eigenvalue weighted by molar-refractivity contribution is -0.380. The molecular formula is C18H19N7O5S2. The van der Waals surface area contributed by atoms with Crippen LogP contribution < -0.4 is 10.3 Å². The second-order valence-electron chi connectivity index (χ2n) is 6.98. The summed E-state index contributed by atoms with van der Waals surface area (Å²) in [5.41, 5.74) is 2.96. The van der Waals surface area contributed by atoms with Crippen LogP contribution in [0.2, 0.25) is 0 Å². The molecule has 1 aromatic carbocycles. The van der Waals surface area contributed by atoms with Crippen molar-refractivity contribution in [3.05, 3.63) is 51.4 Å². The largest absolute Gasteiger partial charge is 0.338 e. The molecule has 4 rings (SSSR count). The van der Waals surface area contributed by atoms with Crippen molar-refractivity contribution in [3.8, 4) is 0 Å². The maximum Gasteiger partial charge on any atom is 0.337 e. The Hall–Kier alpha value is -3.52. The number of urea groups is 1. The molecule has 32 heavy (non-hydrogen) atoms. The number of nitrogens with one attached hydrogen (secondary N) is 1. The summed E-state index contributed by atoms with van der Waals surface area (Å²) in [5, 5.41) is 14.6. The zero-order valence-electron chi connectivity index (χ0n) is 16.9. The van der Waals surface area contributed by atoms with Gasteiger partial charge in [-0.1, -0.05) is 23.5 Å². The van der Waals surface area contributed by atoms with Crippen LogP contribution >= 0.6 is 11.3 Å². The molecule has 1 fully saturated rings. The minimum Gasteiger partial charge on any atom is -0.338 e. The van der Waals surface area contributed by atoms with Crippen LogP contribution in [0.5, 0.6) is 0 Å². The molecule has 0 bridgehead atoms. The molecule has 2 amide bonds. The molecular weight excluding hydrogens is 458 g/mol. The van der Waals surface area contributed by atoms with E-state index in [4.69, 9.17) is 0 Å². The minimum atomic E-state index is -3.79. The van der Waals surface area contributed by atoms with Crippen molar-refractivity contribution >= 4 is 50.3 Å². The summed E-state index contributed by atoms with van der Waals surface area (Å²) >= 11 is 0.953. The van der Waals surface area contributed by atoms with Crippen molar-refractivity contribution in [2.45, 2.75) is 4.90 Å². The Morgan fingerprint density at radius 3 is 2.62 bits per heavy atom. The summed E-state index contributed by atoms with van der Waals surface area (Å²) in [6, 6.07) is 9.18. The highest BCUT2D eigenvalue weighted by Gasteiger charge is 2.33. The summed E-state index contributed by atoms with van der Waals surface area (Å²) < 4.78 is 29.1. The number of rotatable bonds is 3. The monoisotopic (exact) mass is 477 g/mol. The summed E-state index contributed by atoms with van der Waals surface area (Å²) in [7, 11) is -2.03. The van der Waals surface area contributed by atoms with E-state index in [1.807, 2.05) is 4.90 Å². The van der Waals surface area contributed by atoms with E-state index < -0.39 is 21.0 Å². The molecule has 0 saturated carbocycles. The Morgan fingerprint density at radius 2 is 1.94 bits per heavy atom. The van der Waals surface area contributed by atoms with Crippen molar-refractivity contribution in [2.24, 2.45) is 9.50 Å². The molecule has 0 atom stereocenters. The number of hydrogen-bond acceptors (Lipinski definition) is 9. The van der Waals surface area contributed by atoms with Gasteiger partial charge in [0.25, 0.3) is 10.0 Å². The van der Waals surface area contributed by atoms with Gasteiger partial charge in [-0.05, 0) is 18.2 Å². The average molecular weight is 478 g/mol. The first kappa shape index (κ1) is 21.7. The summed E-state index contributed by atoms with van der Waals surface area (Å²) in [6.45, 7) is 1.49. The number of carbonyl (C=O) groups is 1. The van der Waals surface area contributed by atoms with Gasteiger partial charge in [-0.3, -0.25) is 10.1 Å². The van der Waals surface area contributed by atoms with Crippen molar-refractivity contribution < 1.29 is 18.1 Å². The quantitative estimate of drug-likeness (QED) is 0.401. The number of hydrogen-bond donors (Lipinski definition) is 1. The number of nitro groups is 1. The number of carbonyl (C=O) groups excluding carboxylic acids is 1. The number of guanidine groups is 1. The molecule has 2 aliphatic rings. The molecule has 1 saturated heterocycles. The van der Waals surface area contributed by atoms with Gasteiger partial charge in [-0.2, -0.15) is 13.5 Å². The fourth-order valence-electron chi connectivity index (χ4n) is 3.39. The van der Waals surface area contributed by atoms with Crippen LogP contribution in [0.25, 0.3) is 0 Å². The van der Waals surface area contributed by atoms with Crippen LogP contribution in [0, 0.1) is 10.1 Å². The van der Waals surface area contributed by atoms with Crippen LogP contribution in [0.3, 0.4) is 0 Å². The lowest BCUT2D eigenvalue weighted by atomic mass is 10.3. The first-order valence-electron chi connectivity index (χ1n) is 9.51. The number of sulfonamides is 1. The van der Waals surface area contributed by atoms with Crippen molar-refractivity contribution in [1.29, 1.82) is 0 Å². The van der Waals surface area contributed by atoms with Crippen molar-refractivity contribution in [2.75, 3.05) is 38.1 Å². The smallest absolute Gasteiger partial charge is 0.337 e. The summed E-state index contributed by atoms with van der Waals surface area (Å²) in [4.78, 5) is 28.4. The number of nitrogens with zero attached hydrogens (tertiary/aromatic N) is 6. The maximum absolute atomic E-state index is 12.6. The van der Waals surface area contributed by atoms with E-state index in [9.17, 15) is 23.3 Å². The van der Waals surface area contributed by atoms with Crippen LogP contribution in [0.15, 0.2) is 50.8 Å². The van der Waals surface area contributed by atoms with Crippen LogP contribution in [-0.2, 0) is 10.0 Å². The highest BCUT2D eigenvalue weighted by atomic mass is 32.2. The van der Waals surface area contributed by atoms with Gasteiger partial charge in [0.2, 0.25) is 5.96 Å². The molecule has 1 aromatic heterocycles. The Bertz CT molecular complexity index is 1220. The Labute approximate surface area is 187 Å². The minimum absolute atomic E-state index is 0.00543. The molecule has 0 radical (unpaired) electrons. The third-order valence-corrected chi connectivity index (χ3v) is 7.28. The molecule has 3 heterocycles. The van der Waals surface area contributed by atoms with Gasteiger partial charge in [-0.15, -0.1) is 4.40 Å². The van der Waals surface area contributed by atoms with E-state index in [2.05, 4.69) is 14.9 Å². The molecule has 14 heteroatoms. The summed E-state index contributed by atoms with van der Waals surface area (Å²) in [6.07, 6.45) is 1.35. The molecule has 2 aliphatic heterocycles. The number of benzene rings is 1. The molecule has 1 N–H and O–H groups in total. The third-order valence-electron chi connectivity index (χ3n) is 5.00. The standard InChI is InChI=1S/C18H19N7O5S2/c1-22-14-4-2-3-5-15(14)32(29,30)21-17(22)23-8-10-24(11-9-23)18(26)20-19-12-13-6-7-16(31-13)25(27)28/h2-7,12H,8-11H2,1H3,(H,20,26)/b19-12+. The molecule has 168 valence electrons. The zero-order chi connectivity index (χ0) is 22.9. The number of hydrazone groups is 1.